The number of rotatable bonds is 2. The van der Waals surface area contributed by atoms with Crippen molar-refractivity contribution in [1.29, 1.82) is 0 Å². The van der Waals surface area contributed by atoms with Gasteiger partial charge in [0.1, 0.15) is 0 Å². The van der Waals surface area contributed by atoms with Crippen LogP contribution in [-0.2, 0) is 4.74 Å². The lowest BCUT2D eigenvalue weighted by Gasteiger charge is -2.55. The minimum Gasteiger partial charge on any atom is -0.370 e. The fraction of sp³-hybridized carbons (Fsp3) is 1.00. The Morgan fingerprint density at radius 1 is 1.40 bits per heavy atom. The van der Waals surface area contributed by atoms with Gasteiger partial charge in [0.2, 0.25) is 0 Å². The molecule has 2 rings (SSSR count). The van der Waals surface area contributed by atoms with Crippen LogP contribution < -0.4 is 5.73 Å². The fourth-order valence-electron chi connectivity index (χ4n) is 3.05. The molecule has 1 aliphatic heterocycles. The molecule has 0 spiro atoms. The Kier molecular flexibility index (Phi) is 2.82. The summed E-state index contributed by atoms with van der Waals surface area (Å²) in [6, 6.07) is 0. The lowest BCUT2D eigenvalue weighted by molar-refractivity contribution is -0.163. The van der Waals surface area contributed by atoms with Gasteiger partial charge in [-0.05, 0) is 40.0 Å². The summed E-state index contributed by atoms with van der Waals surface area (Å²) in [4.78, 5) is 2.57. The predicted octanol–water partition coefficient (Wildman–Crippen LogP) is 1.37. The smallest absolute Gasteiger partial charge is 0.0757 e. The molecule has 1 saturated heterocycles. The van der Waals surface area contributed by atoms with E-state index in [1.807, 2.05) is 0 Å². The minimum atomic E-state index is -0.0184. The molecule has 0 radical (unpaired) electrons. The van der Waals surface area contributed by atoms with Crippen LogP contribution in [0, 0.1) is 0 Å². The molecule has 2 aliphatic rings. The Balaban J connectivity index is 2.08. The first-order valence-corrected chi connectivity index (χ1v) is 6.10. The first kappa shape index (κ1) is 11.4. The number of nitrogens with zero attached hydrogens (tertiary/aromatic N) is 1. The van der Waals surface area contributed by atoms with Crippen LogP contribution in [0.25, 0.3) is 0 Å². The quantitative estimate of drug-likeness (QED) is 0.751. The third-order valence-electron chi connectivity index (χ3n) is 3.90. The van der Waals surface area contributed by atoms with E-state index < -0.39 is 0 Å². The molecule has 1 heterocycles. The molecule has 1 unspecified atom stereocenters. The van der Waals surface area contributed by atoms with E-state index in [2.05, 4.69) is 25.7 Å². The van der Waals surface area contributed by atoms with Gasteiger partial charge in [0.25, 0.3) is 0 Å². The first-order valence-electron chi connectivity index (χ1n) is 6.10. The van der Waals surface area contributed by atoms with Gasteiger partial charge in [-0.2, -0.15) is 0 Å². The van der Waals surface area contributed by atoms with E-state index in [4.69, 9.17) is 10.5 Å². The Labute approximate surface area is 93.0 Å². The Bertz CT molecular complexity index is 230. The van der Waals surface area contributed by atoms with E-state index >= 15 is 0 Å². The van der Waals surface area contributed by atoms with Gasteiger partial charge in [0, 0.05) is 25.2 Å². The van der Waals surface area contributed by atoms with Crippen LogP contribution in [0.4, 0.5) is 0 Å². The van der Waals surface area contributed by atoms with Gasteiger partial charge in [-0.1, -0.05) is 0 Å². The van der Waals surface area contributed by atoms with Crippen LogP contribution in [0.5, 0.6) is 0 Å². The van der Waals surface area contributed by atoms with Gasteiger partial charge in [-0.15, -0.1) is 0 Å². The second-order valence-corrected chi connectivity index (χ2v) is 5.85. The topological polar surface area (TPSA) is 38.5 Å². The van der Waals surface area contributed by atoms with Crippen LogP contribution in [0.3, 0.4) is 0 Å². The fourth-order valence-corrected chi connectivity index (χ4v) is 3.05. The minimum absolute atomic E-state index is 0.0184. The number of nitrogens with two attached hydrogens (primary N) is 1. The maximum atomic E-state index is 5.95. The molecule has 1 atom stereocenters. The molecular formula is C12H24N2O. The molecule has 1 saturated carbocycles. The van der Waals surface area contributed by atoms with Crippen molar-refractivity contribution in [3.05, 3.63) is 0 Å². The molecule has 88 valence electrons. The average Bonchev–Trinajstić information content (AvgIpc) is 1.98. The lowest BCUT2D eigenvalue weighted by Crippen LogP contribution is -2.65. The summed E-state index contributed by atoms with van der Waals surface area (Å²) in [6.45, 7) is 9.39. The zero-order chi connectivity index (χ0) is 11.1. The SMILES string of the molecule is CC1CN(C2(CN)CCC2)CC(C)(C)O1. The molecule has 0 aromatic heterocycles. The number of hydrogen-bond acceptors (Lipinski definition) is 3. The molecule has 0 amide bonds. The molecule has 2 fully saturated rings. The van der Waals surface area contributed by atoms with Crippen molar-refractivity contribution in [1.82, 2.24) is 4.90 Å². The average molecular weight is 212 g/mol. The lowest BCUT2D eigenvalue weighted by atomic mass is 9.74. The molecule has 3 nitrogen and oxygen atoms in total. The third-order valence-corrected chi connectivity index (χ3v) is 3.90. The third kappa shape index (κ3) is 2.05. The summed E-state index contributed by atoms with van der Waals surface area (Å²) < 4.78 is 5.93. The zero-order valence-electron chi connectivity index (χ0n) is 10.3. The van der Waals surface area contributed by atoms with E-state index in [1.165, 1.54) is 19.3 Å². The highest BCUT2D eigenvalue weighted by molar-refractivity contribution is 5.02. The monoisotopic (exact) mass is 212 g/mol. The van der Waals surface area contributed by atoms with E-state index in [9.17, 15) is 0 Å². The van der Waals surface area contributed by atoms with Crippen molar-refractivity contribution in [2.45, 2.75) is 57.3 Å². The number of morpholine rings is 1. The van der Waals surface area contributed by atoms with Crippen molar-refractivity contribution in [3.63, 3.8) is 0 Å². The van der Waals surface area contributed by atoms with Crippen LogP contribution in [0.1, 0.15) is 40.0 Å². The molecule has 0 aromatic carbocycles. The molecule has 0 aromatic rings. The van der Waals surface area contributed by atoms with Crippen molar-refractivity contribution < 1.29 is 4.74 Å². The summed E-state index contributed by atoms with van der Waals surface area (Å²) in [7, 11) is 0. The summed E-state index contributed by atoms with van der Waals surface area (Å²) in [5.41, 5.74) is 6.23. The normalized spacial score (nSPS) is 34.8. The van der Waals surface area contributed by atoms with E-state index in [0.29, 0.717) is 11.6 Å². The maximum absolute atomic E-state index is 5.95. The van der Waals surface area contributed by atoms with E-state index in [0.717, 1.165) is 19.6 Å². The van der Waals surface area contributed by atoms with Crippen LogP contribution in [0.2, 0.25) is 0 Å². The van der Waals surface area contributed by atoms with Crippen molar-refractivity contribution in [2.75, 3.05) is 19.6 Å². The predicted molar refractivity (Wildman–Crippen MR) is 61.8 cm³/mol. The molecule has 0 bridgehead atoms. The standard InChI is InChI=1S/C12H24N2O/c1-10-7-14(9-11(2,3)15-10)12(8-13)5-4-6-12/h10H,4-9,13H2,1-3H3. The summed E-state index contributed by atoms with van der Waals surface area (Å²) in [5.74, 6) is 0. The zero-order valence-corrected chi connectivity index (χ0v) is 10.3. The molecular weight excluding hydrogens is 188 g/mol. The second kappa shape index (κ2) is 3.72. The van der Waals surface area contributed by atoms with Crippen molar-refractivity contribution >= 4 is 0 Å². The van der Waals surface area contributed by atoms with E-state index in [1.54, 1.807) is 0 Å². The summed E-state index contributed by atoms with van der Waals surface area (Å²) in [6.07, 6.45) is 4.21. The van der Waals surface area contributed by atoms with Gasteiger partial charge in [0.05, 0.1) is 11.7 Å². The highest BCUT2D eigenvalue weighted by atomic mass is 16.5. The Hall–Kier alpha value is -0.120. The molecule has 15 heavy (non-hydrogen) atoms. The van der Waals surface area contributed by atoms with Crippen LogP contribution >= 0.6 is 0 Å². The van der Waals surface area contributed by atoms with Crippen molar-refractivity contribution in [2.24, 2.45) is 5.73 Å². The summed E-state index contributed by atoms with van der Waals surface area (Å²) >= 11 is 0. The largest absolute Gasteiger partial charge is 0.370 e. The maximum Gasteiger partial charge on any atom is 0.0757 e. The van der Waals surface area contributed by atoms with Crippen LogP contribution in [-0.4, -0.2) is 41.8 Å². The van der Waals surface area contributed by atoms with Gasteiger partial charge in [-0.3, -0.25) is 4.90 Å². The van der Waals surface area contributed by atoms with Crippen LogP contribution in [0.15, 0.2) is 0 Å². The van der Waals surface area contributed by atoms with Gasteiger partial charge < -0.3 is 10.5 Å². The first-order chi connectivity index (χ1) is 6.97. The van der Waals surface area contributed by atoms with Gasteiger partial charge >= 0.3 is 0 Å². The van der Waals surface area contributed by atoms with E-state index in [-0.39, 0.29) is 5.60 Å². The Morgan fingerprint density at radius 2 is 2.07 bits per heavy atom. The molecule has 1 aliphatic carbocycles. The van der Waals surface area contributed by atoms with Crippen molar-refractivity contribution in [3.8, 4) is 0 Å². The number of hydrogen-bond donors (Lipinski definition) is 1. The summed E-state index contributed by atoms with van der Waals surface area (Å²) in [5, 5.41) is 0. The highest BCUT2D eigenvalue weighted by Gasteiger charge is 2.45. The highest BCUT2D eigenvalue weighted by Crippen LogP contribution is 2.39. The molecule has 2 N–H and O–H groups in total. The number of ether oxygens (including phenoxy) is 1. The second-order valence-electron chi connectivity index (χ2n) is 5.85. The van der Waals surface area contributed by atoms with Gasteiger partial charge in [0.15, 0.2) is 0 Å². The molecule has 3 heteroatoms. The Morgan fingerprint density at radius 3 is 2.47 bits per heavy atom. The van der Waals surface area contributed by atoms with Gasteiger partial charge in [-0.25, -0.2) is 0 Å².